The summed E-state index contributed by atoms with van der Waals surface area (Å²) in [6.07, 6.45) is 10.4. The smallest absolute Gasteiger partial charge is 0.0641 e. The van der Waals surface area contributed by atoms with Gasteiger partial charge in [0.05, 0.1) is 11.9 Å². The minimum absolute atomic E-state index is 0.881. The molecule has 0 amide bonds. The van der Waals surface area contributed by atoms with E-state index in [4.69, 9.17) is 0 Å². The van der Waals surface area contributed by atoms with Gasteiger partial charge in [0.1, 0.15) is 0 Å². The summed E-state index contributed by atoms with van der Waals surface area (Å²) in [5.41, 5.74) is 11.6. The van der Waals surface area contributed by atoms with Crippen molar-refractivity contribution in [2.45, 2.75) is 12.8 Å². The third-order valence-corrected chi connectivity index (χ3v) is 7.15. The summed E-state index contributed by atoms with van der Waals surface area (Å²) in [7, 11) is 0. The first-order valence-electron chi connectivity index (χ1n) is 12.1. The number of benzene rings is 4. The van der Waals surface area contributed by atoms with Gasteiger partial charge in [-0.2, -0.15) is 0 Å². The van der Waals surface area contributed by atoms with Crippen molar-refractivity contribution in [3.8, 4) is 0 Å². The zero-order chi connectivity index (χ0) is 23.2. The monoisotopic (exact) mass is 448 g/mol. The van der Waals surface area contributed by atoms with Crippen LogP contribution >= 0.6 is 0 Å². The molecule has 166 valence electrons. The molecule has 7 rings (SSSR count). The molecule has 0 saturated carbocycles. The summed E-state index contributed by atoms with van der Waals surface area (Å²) >= 11 is 0. The van der Waals surface area contributed by atoms with E-state index in [-0.39, 0.29) is 0 Å². The lowest BCUT2D eigenvalue weighted by atomic mass is 9.81. The summed E-state index contributed by atoms with van der Waals surface area (Å²) in [4.78, 5) is 6.74. The molecular formula is C33H24N2. The average Bonchev–Trinajstić information content (AvgIpc) is 2.93. The van der Waals surface area contributed by atoms with Crippen LogP contribution in [0.2, 0.25) is 0 Å². The fourth-order valence-corrected chi connectivity index (χ4v) is 5.62. The normalized spacial score (nSPS) is 13.8. The van der Waals surface area contributed by atoms with Gasteiger partial charge in [-0.3, -0.25) is 4.98 Å². The Hall–Kier alpha value is -4.43. The molecule has 2 nitrogen and oxygen atoms in total. The second-order valence-corrected chi connectivity index (χ2v) is 9.28. The van der Waals surface area contributed by atoms with E-state index in [1.807, 2.05) is 18.5 Å². The maximum absolute atomic E-state index is 4.41. The van der Waals surface area contributed by atoms with Gasteiger partial charge in [-0.15, -0.1) is 0 Å². The van der Waals surface area contributed by atoms with Gasteiger partial charge in [-0.1, -0.05) is 78.9 Å². The van der Waals surface area contributed by atoms with Crippen LogP contribution in [0.4, 0.5) is 11.4 Å². The number of nitrogens with zero attached hydrogens (tertiary/aromatic N) is 2. The second kappa shape index (κ2) is 8.11. The number of para-hydroxylation sites is 1. The Morgan fingerprint density at radius 2 is 1.23 bits per heavy atom. The van der Waals surface area contributed by atoms with E-state index in [0.29, 0.717) is 0 Å². The van der Waals surface area contributed by atoms with Crippen LogP contribution in [0.3, 0.4) is 0 Å². The fourth-order valence-electron chi connectivity index (χ4n) is 5.62. The molecule has 4 aromatic carbocycles. The quantitative estimate of drug-likeness (QED) is 0.276. The molecule has 2 aliphatic rings. The van der Waals surface area contributed by atoms with Gasteiger partial charge < -0.3 is 4.90 Å². The van der Waals surface area contributed by atoms with E-state index >= 15 is 0 Å². The SMILES string of the molecule is C1=C(c2ccccc2)Cc2ccc3c4c(ccc1c24)C=C(N(c1ccccc1)c1cccnc1)C3. The van der Waals surface area contributed by atoms with Crippen LogP contribution in [0.1, 0.15) is 27.8 Å². The molecule has 0 saturated heterocycles. The average molecular weight is 449 g/mol. The molecule has 0 radical (unpaired) electrons. The lowest BCUT2D eigenvalue weighted by molar-refractivity contribution is 1.05. The number of hydrogen-bond acceptors (Lipinski definition) is 2. The maximum Gasteiger partial charge on any atom is 0.0641 e. The Bertz CT molecular complexity index is 1580. The van der Waals surface area contributed by atoms with Crippen molar-refractivity contribution in [3.05, 3.63) is 143 Å². The maximum atomic E-state index is 4.41. The van der Waals surface area contributed by atoms with E-state index in [1.54, 1.807) is 0 Å². The lowest BCUT2D eigenvalue weighted by Gasteiger charge is -2.31. The Morgan fingerprint density at radius 1 is 0.571 bits per heavy atom. The predicted molar refractivity (Wildman–Crippen MR) is 146 cm³/mol. The molecule has 0 spiro atoms. The number of hydrogen-bond donors (Lipinski definition) is 0. The van der Waals surface area contributed by atoms with Crippen molar-refractivity contribution in [3.63, 3.8) is 0 Å². The van der Waals surface area contributed by atoms with Gasteiger partial charge in [-0.25, -0.2) is 0 Å². The van der Waals surface area contributed by atoms with Crippen molar-refractivity contribution < 1.29 is 0 Å². The van der Waals surface area contributed by atoms with Gasteiger partial charge in [-0.05, 0) is 80.9 Å². The molecule has 2 heteroatoms. The second-order valence-electron chi connectivity index (χ2n) is 9.28. The van der Waals surface area contributed by atoms with E-state index in [0.717, 1.165) is 24.2 Å². The number of pyridine rings is 1. The molecule has 0 fully saturated rings. The van der Waals surface area contributed by atoms with Crippen LogP contribution < -0.4 is 4.90 Å². The Balaban J connectivity index is 1.38. The summed E-state index contributed by atoms with van der Waals surface area (Å²) in [6.45, 7) is 0. The standard InChI is InChI=1S/C33H24N2/c1-3-8-23(9-4-1)28-18-24-13-15-26-20-31(21-27-16-14-25(19-28)32(24)33(26)27)35(29-10-5-2-6-11-29)30-12-7-17-34-22-30/h1-18,20,22H,19,21H2. The molecule has 35 heavy (non-hydrogen) atoms. The summed E-state index contributed by atoms with van der Waals surface area (Å²) in [6, 6.07) is 34.8. The van der Waals surface area contributed by atoms with Crippen LogP contribution in [0.5, 0.6) is 0 Å². The molecule has 0 bridgehead atoms. The van der Waals surface area contributed by atoms with Crippen LogP contribution in [-0.2, 0) is 12.8 Å². The van der Waals surface area contributed by atoms with Crippen LogP contribution in [-0.4, -0.2) is 4.98 Å². The minimum atomic E-state index is 0.881. The number of rotatable bonds is 4. The minimum Gasteiger partial charge on any atom is -0.312 e. The third-order valence-electron chi connectivity index (χ3n) is 7.15. The molecule has 0 aliphatic heterocycles. The van der Waals surface area contributed by atoms with Crippen molar-refractivity contribution in [1.29, 1.82) is 0 Å². The summed E-state index contributed by atoms with van der Waals surface area (Å²) in [5.74, 6) is 0. The highest BCUT2D eigenvalue weighted by Crippen LogP contribution is 2.43. The molecule has 1 aromatic heterocycles. The third kappa shape index (κ3) is 3.38. The first kappa shape index (κ1) is 20.0. The molecule has 0 atom stereocenters. The first-order chi connectivity index (χ1) is 17.3. The fraction of sp³-hybridized carbons (Fsp3) is 0.0606. The van der Waals surface area contributed by atoms with Crippen molar-refractivity contribution in [2.24, 2.45) is 0 Å². The Labute approximate surface area is 205 Å². The van der Waals surface area contributed by atoms with E-state index in [1.165, 1.54) is 49.9 Å². The van der Waals surface area contributed by atoms with Gasteiger partial charge in [0, 0.05) is 24.0 Å². The largest absolute Gasteiger partial charge is 0.312 e. The predicted octanol–water partition coefficient (Wildman–Crippen LogP) is 8.07. The van der Waals surface area contributed by atoms with Crippen LogP contribution in [0, 0.1) is 0 Å². The molecule has 2 aliphatic carbocycles. The van der Waals surface area contributed by atoms with Crippen LogP contribution in [0.15, 0.2) is 115 Å². The van der Waals surface area contributed by atoms with E-state index in [2.05, 4.69) is 113 Å². The zero-order valence-electron chi connectivity index (χ0n) is 19.4. The van der Waals surface area contributed by atoms with E-state index in [9.17, 15) is 0 Å². The van der Waals surface area contributed by atoms with Gasteiger partial charge in [0.25, 0.3) is 0 Å². The lowest BCUT2D eigenvalue weighted by Crippen LogP contribution is -2.20. The summed E-state index contributed by atoms with van der Waals surface area (Å²) in [5, 5.41) is 2.83. The van der Waals surface area contributed by atoms with Crippen LogP contribution in [0.25, 0.3) is 28.5 Å². The molecule has 5 aromatic rings. The van der Waals surface area contributed by atoms with Crippen molar-refractivity contribution in [1.82, 2.24) is 4.98 Å². The first-order valence-corrected chi connectivity index (χ1v) is 12.1. The van der Waals surface area contributed by atoms with Gasteiger partial charge in [0.15, 0.2) is 0 Å². The molecule has 0 unspecified atom stereocenters. The summed E-state index contributed by atoms with van der Waals surface area (Å²) < 4.78 is 0. The zero-order valence-corrected chi connectivity index (χ0v) is 19.4. The highest BCUT2D eigenvalue weighted by Gasteiger charge is 2.24. The van der Waals surface area contributed by atoms with Gasteiger partial charge >= 0.3 is 0 Å². The van der Waals surface area contributed by atoms with Crippen molar-refractivity contribution >= 4 is 39.9 Å². The number of aromatic nitrogens is 1. The number of allylic oxidation sites excluding steroid dienone is 2. The van der Waals surface area contributed by atoms with Crippen molar-refractivity contribution in [2.75, 3.05) is 4.90 Å². The topological polar surface area (TPSA) is 16.1 Å². The Kier molecular flexibility index (Phi) is 4.63. The van der Waals surface area contributed by atoms with E-state index < -0.39 is 0 Å². The molecule has 1 heterocycles. The highest BCUT2D eigenvalue weighted by atomic mass is 15.2. The molecule has 0 N–H and O–H groups in total. The number of anilines is 2. The molecular weight excluding hydrogens is 424 g/mol. The van der Waals surface area contributed by atoms with Gasteiger partial charge in [0.2, 0.25) is 0 Å². The Morgan fingerprint density at radius 3 is 1.94 bits per heavy atom. The highest BCUT2D eigenvalue weighted by molar-refractivity contribution is 6.07.